The predicted octanol–water partition coefficient (Wildman–Crippen LogP) is 4.53. The van der Waals surface area contributed by atoms with Crippen LogP contribution in [0, 0.1) is 0 Å². The van der Waals surface area contributed by atoms with Crippen molar-refractivity contribution in [1.29, 1.82) is 0 Å². The number of aromatic nitrogens is 3. The minimum absolute atomic E-state index is 0.191. The van der Waals surface area contributed by atoms with Crippen molar-refractivity contribution in [3.63, 3.8) is 0 Å². The molecule has 0 fully saturated rings. The summed E-state index contributed by atoms with van der Waals surface area (Å²) in [7, 11) is 0. The van der Waals surface area contributed by atoms with Gasteiger partial charge in [0.15, 0.2) is 0 Å². The number of hydrogen-bond donors (Lipinski definition) is 0. The minimum atomic E-state index is -0.191. The quantitative estimate of drug-likeness (QED) is 0.775. The standard InChI is InChI=1S/C12H12Cl3N3/c1-12(2,3)10-16-17-11(15)18(10)9-5-4-7(13)6-8(9)14/h4-6H,1-3H3. The summed E-state index contributed by atoms with van der Waals surface area (Å²) >= 11 is 18.2. The molecule has 2 rings (SSSR count). The van der Waals surface area contributed by atoms with Gasteiger partial charge in [0.1, 0.15) is 5.82 Å². The van der Waals surface area contributed by atoms with Crippen LogP contribution in [0.2, 0.25) is 15.3 Å². The fourth-order valence-corrected chi connectivity index (χ4v) is 2.33. The molecule has 3 nitrogen and oxygen atoms in total. The second kappa shape index (κ2) is 4.72. The Morgan fingerprint density at radius 2 is 1.72 bits per heavy atom. The molecular formula is C12H12Cl3N3. The maximum absolute atomic E-state index is 6.20. The van der Waals surface area contributed by atoms with E-state index < -0.39 is 0 Å². The SMILES string of the molecule is CC(C)(C)c1nnc(Cl)n1-c1ccc(Cl)cc1Cl. The minimum Gasteiger partial charge on any atom is -0.268 e. The van der Waals surface area contributed by atoms with Crippen molar-refractivity contribution in [2.75, 3.05) is 0 Å². The second-order valence-corrected chi connectivity index (χ2v) is 6.16. The third-order valence-electron chi connectivity index (χ3n) is 2.45. The van der Waals surface area contributed by atoms with Gasteiger partial charge in [0.25, 0.3) is 0 Å². The van der Waals surface area contributed by atoms with Crippen molar-refractivity contribution in [3.8, 4) is 5.69 Å². The second-order valence-electron chi connectivity index (χ2n) is 4.97. The highest BCUT2D eigenvalue weighted by atomic mass is 35.5. The normalized spacial score (nSPS) is 11.9. The van der Waals surface area contributed by atoms with Gasteiger partial charge in [-0.1, -0.05) is 44.0 Å². The molecule has 2 aromatic rings. The molecule has 0 aliphatic rings. The molecule has 96 valence electrons. The van der Waals surface area contributed by atoms with Crippen molar-refractivity contribution in [3.05, 3.63) is 39.4 Å². The van der Waals surface area contributed by atoms with E-state index in [0.29, 0.717) is 10.0 Å². The van der Waals surface area contributed by atoms with E-state index in [1.807, 2.05) is 20.8 Å². The van der Waals surface area contributed by atoms with Crippen LogP contribution >= 0.6 is 34.8 Å². The smallest absolute Gasteiger partial charge is 0.229 e. The van der Waals surface area contributed by atoms with Gasteiger partial charge < -0.3 is 0 Å². The summed E-state index contributed by atoms with van der Waals surface area (Å²) < 4.78 is 1.74. The van der Waals surface area contributed by atoms with Gasteiger partial charge in [-0.25, -0.2) is 0 Å². The predicted molar refractivity (Wildman–Crippen MR) is 75.1 cm³/mol. The van der Waals surface area contributed by atoms with Crippen LogP contribution in [0.3, 0.4) is 0 Å². The van der Waals surface area contributed by atoms with Crippen LogP contribution in [-0.4, -0.2) is 14.8 Å². The molecule has 0 saturated carbocycles. The van der Waals surface area contributed by atoms with Crippen LogP contribution in [0.5, 0.6) is 0 Å². The first-order valence-electron chi connectivity index (χ1n) is 5.37. The summed E-state index contributed by atoms with van der Waals surface area (Å²) in [6, 6.07) is 5.22. The Morgan fingerprint density at radius 3 is 2.28 bits per heavy atom. The molecule has 1 aromatic heterocycles. The van der Waals surface area contributed by atoms with Gasteiger partial charge in [-0.3, -0.25) is 4.57 Å². The number of rotatable bonds is 1. The van der Waals surface area contributed by atoms with Crippen molar-refractivity contribution >= 4 is 34.8 Å². The molecular weight excluding hydrogens is 293 g/mol. The summed E-state index contributed by atoms with van der Waals surface area (Å²) in [5.41, 5.74) is 0.532. The third kappa shape index (κ3) is 2.48. The molecule has 0 saturated heterocycles. The average molecular weight is 305 g/mol. The summed E-state index contributed by atoms with van der Waals surface area (Å²) in [4.78, 5) is 0. The van der Waals surface area contributed by atoms with E-state index in [1.165, 1.54) is 0 Å². The first-order chi connectivity index (χ1) is 8.30. The molecule has 0 unspecified atom stereocenters. The van der Waals surface area contributed by atoms with Crippen LogP contribution in [0.4, 0.5) is 0 Å². The molecule has 0 aliphatic heterocycles. The highest BCUT2D eigenvalue weighted by molar-refractivity contribution is 6.36. The lowest BCUT2D eigenvalue weighted by molar-refractivity contribution is 0.533. The zero-order valence-electron chi connectivity index (χ0n) is 10.2. The van der Waals surface area contributed by atoms with Crippen molar-refractivity contribution in [2.45, 2.75) is 26.2 Å². The van der Waals surface area contributed by atoms with E-state index in [0.717, 1.165) is 11.5 Å². The lowest BCUT2D eigenvalue weighted by Crippen LogP contribution is -2.18. The largest absolute Gasteiger partial charge is 0.268 e. The highest BCUT2D eigenvalue weighted by Gasteiger charge is 2.25. The Morgan fingerprint density at radius 1 is 1.06 bits per heavy atom. The Labute approximate surface area is 121 Å². The van der Waals surface area contributed by atoms with Crippen LogP contribution in [-0.2, 0) is 5.41 Å². The number of benzene rings is 1. The van der Waals surface area contributed by atoms with Gasteiger partial charge in [0.05, 0.1) is 10.7 Å². The number of hydrogen-bond acceptors (Lipinski definition) is 2. The summed E-state index contributed by atoms with van der Waals surface area (Å²) in [5.74, 6) is 0.747. The molecule has 0 atom stereocenters. The zero-order chi connectivity index (χ0) is 13.5. The first kappa shape index (κ1) is 13.7. The molecule has 1 heterocycles. The fraction of sp³-hybridized carbons (Fsp3) is 0.333. The van der Waals surface area contributed by atoms with Crippen LogP contribution in [0.1, 0.15) is 26.6 Å². The van der Waals surface area contributed by atoms with Crippen LogP contribution in [0.25, 0.3) is 5.69 Å². The first-order valence-corrected chi connectivity index (χ1v) is 6.51. The maximum Gasteiger partial charge on any atom is 0.229 e. The Hall–Kier alpha value is -0.770. The maximum atomic E-state index is 6.20. The number of halogens is 3. The molecule has 1 aromatic carbocycles. The molecule has 0 aliphatic carbocycles. The van der Waals surface area contributed by atoms with Gasteiger partial charge in [-0.15, -0.1) is 10.2 Å². The van der Waals surface area contributed by atoms with E-state index in [9.17, 15) is 0 Å². The summed E-state index contributed by atoms with van der Waals surface area (Å²) in [6.07, 6.45) is 0. The van der Waals surface area contributed by atoms with Gasteiger partial charge in [0.2, 0.25) is 5.28 Å². The van der Waals surface area contributed by atoms with Gasteiger partial charge in [-0.2, -0.15) is 0 Å². The Kier molecular flexibility index (Phi) is 3.58. The highest BCUT2D eigenvalue weighted by Crippen LogP contribution is 2.31. The lowest BCUT2D eigenvalue weighted by atomic mass is 9.95. The lowest BCUT2D eigenvalue weighted by Gasteiger charge is -2.19. The Balaban J connectivity index is 2.67. The van der Waals surface area contributed by atoms with Crippen LogP contribution < -0.4 is 0 Å². The average Bonchev–Trinajstić information content (AvgIpc) is 2.60. The topological polar surface area (TPSA) is 30.7 Å². The van der Waals surface area contributed by atoms with E-state index in [4.69, 9.17) is 34.8 Å². The summed E-state index contributed by atoms with van der Waals surface area (Å²) in [6.45, 7) is 6.11. The summed E-state index contributed by atoms with van der Waals surface area (Å²) in [5, 5.41) is 9.39. The molecule has 0 radical (unpaired) electrons. The van der Waals surface area contributed by atoms with Crippen molar-refractivity contribution in [1.82, 2.24) is 14.8 Å². The van der Waals surface area contributed by atoms with Crippen LogP contribution in [0.15, 0.2) is 18.2 Å². The van der Waals surface area contributed by atoms with Gasteiger partial charge in [-0.05, 0) is 29.8 Å². The van der Waals surface area contributed by atoms with E-state index in [-0.39, 0.29) is 10.7 Å². The Bertz CT molecular complexity index is 585. The van der Waals surface area contributed by atoms with Gasteiger partial charge in [0, 0.05) is 10.4 Å². The molecule has 0 N–H and O–H groups in total. The molecule has 0 spiro atoms. The van der Waals surface area contributed by atoms with E-state index in [2.05, 4.69) is 10.2 Å². The van der Waals surface area contributed by atoms with Crippen molar-refractivity contribution in [2.24, 2.45) is 0 Å². The van der Waals surface area contributed by atoms with Gasteiger partial charge >= 0.3 is 0 Å². The van der Waals surface area contributed by atoms with Crippen molar-refractivity contribution < 1.29 is 0 Å². The molecule has 6 heteroatoms. The third-order valence-corrected chi connectivity index (χ3v) is 3.23. The number of nitrogens with zero attached hydrogens (tertiary/aromatic N) is 3. The molecule has 0 bridgehead atoms. The van der Waals surface area contributed by atoms with E-state index >= 15 is 0 Å². The molecule has 18 heavy (non-hydrogen) atoms. The monoisotopic (exact) mass is 303 g/mol. The molecule has 0 amide bonds. The zero-order valence-corrected chi connectivity index (χ0v) is 12.5. The fourth-order valence-electron chi connectivity index (χ4n) is 1.63. The van der Waals surface area contributed by atoms with E-state index in [1.54, 1.807) is 22.8 Å².